The highest BCUT2D eigenvalue weighted by Crippen LogP contribution is 2.27. The molecule has 1 aliphatic heterocycles. The summed E-state index contributed by atoms with van der Waals surface area (Å²) in [5.41, 5.74) is 5.04. The van der Waals surface area contributed by atoms with E-state index in [1.165, 1.54) is 12.8 Å². The molecule has 6 nitrogen and oxygen atoms in total. The van der Waals surface area contributed by atoms with Gasteiger partial charge in [0.2, 0.25) is 0 Å². The van der Waals surface area contributed by atoms with Crippen molar-refractivity contribution >= 4 is 17.2 Å². The first-order valence-corrected chi connectivity index (χ1v) is 9.59. The van der Waals surface area contributed by atoms with E-state index in [1.807, 2.05) is 43.5 Å². The van der Waals surface area contributed by atoms with E-state index in [-0.39, 0.29) is 5.91 Å². The number of amides is 1. The van der Waals surface area contributed by atoms with E-state index in [4.69, 9.17) is 4.98 Å². The Morgan fingerprint density at radius 3 is 3.00 bits per heavy atom. The number of benzene rings is 1. The largest absolute Gasteiger partial charge is 0.334 e. The van der Waals surface area contributed by atoms with Crippen molar-refractivity contribution in [3.8, 4) is 11.3 Å². The normalized spacial score (nSPS) is 13.5. The summed E-state index contributed by atoms with van der Waals surface area (Å²) in [6.07, 6.45) is 9.00. The fourth-order valence-corrected chi connectivity index (χ4v) is 3.75. The lowest BCUT2D eigenvalue weighted by Gasteiger charge is -2.11. The summed E-state index contributed by atoms with van der Waals surface area (Å²) >= 11 is 0. The Hall–Kier alpha value is -3.41. The maximum Gasteiger partial charge on any atom is 0.274 e. The number of nitrogens with zero attached hydrogens (tertiary/aromatic N) is 4. The van der Waals surface area contributed by atoms with Crippen molar-refractivity contribution in [2.45, 2.75) is 32.7 Å². The van der Waals surface area contributed by atoms with Crippen LogP contribution in [-0.4, -0.2) is 24.8 Å². The number of carbonyl (C=O) groups is 1. The van der Waals surface area contributed by atoms with E-state index >= 15 is 0 Å². The summed E-state index contributed by atoms with van der Waals surface area (Å²) < 4.78 is 4.04. The summed E-state index contributed by atoms with van der Waals surface area (Å²) in [7, 11) is 0. The number of fused-ring (bicyclic) bond motifs is 2. The maximum absolute atomic E-state index is 12.9. The molecule has 0 saturated heterocycles. The minimum absolute atomic E-state index is 0.178. The van der Waals surface area contributed by atoms with Crippen molar-refractivity contribution in [1.29, 1.82) is 0 Å². The molecule has 6 heteroatoms. The van der Waals surface area contributed by atoms with Crippen LogP contribution in [0, 0.1) is 6.92 Å². The third-order valence-electron chi connectivity index (χ3n) is 5.34. The van der Waals surface area contributed by atoms with Gasteiger partial charge in [-0.05, 0) is 43.5 Å². The lowest BCUT2D eigenvalue weighted by molar-refractivity contribution is 0.102. The first-order chi connectivity index (χ1) is 13.7. The molecule has 5 rings (SSSR count). The molecular formula is C22H21N5O. The van der Waals surface area contributed by atoms with Crippen LogP contribution in [0.2, 0.25) is 0 Å². The molecule has 0 aliphatic carbocycles. The molecule has 0 unspecified atom stereocenters. The average molecular weight is 371 g/mol. The quantitative estimate of drug-likeness (QED) is 0.590. The van der Waals surface area contributed by atoms with Gasteiger partial charge < -0.3 is 9.88 Å². The van der Waals surface area contributed by atoms with Crippen molar-refractivity contribution in [3.63, 3.8) is 0 Å². The molecular weight excluding hydrogens is 350 g/mol. The van der Waals surface area contributed by atoms with Crippen LogP contribution < -0.4 is 5.32 Å². The molecule has 1 aliphatic rings. The number of aromatic nitrogens is 4. The Morgan fingerprint density at radius 2 is 2.11 bits per heavy atom. The Morgan fingerprint density at radius 1 is 1.18 bits per heavy atom. The number of rotatable bonds is 3. The van der Waals surface area contributed by atoms with Gasteiger partial charge in [0.25, 0.3) is 5.91 Å². The van der Waals surface area contributed by atoms with Crippen molar-refractivity contribution in [2.24, 2.45) is 0 Å². The number of hydrogen-bond donors (Lipinski definition) is 1. The Kier molecular flexibility index (Phi) is 3.97. The van der Waals surface area contributed by atoms with Gasteiger partial charge in [-0.2, -0.15) is 0 Å². The SMILES string of the molecule is Cc1ccc(-c2cn3c(n2)CCCC3)cc1NC(=O)c1cnc2ccccn12. The van der Waals surface area contributed by atoms with Gasteiger partial charge in [-0.1, -0.05) is 18.2 Å². The second kappa shape index (κ2) is 6.64. The second-order valence-corrected chi connectivity index (χ2v) is 7.25. The monoisotopic (exact) mass is 371 g/mol. The zero-order valence-electron chi connectivity index (χ0n) is 15.7. The lowest BCUT2D eigenvalue weighted by atomic mass is 10.1. The summed E-state index contributed by atoms with van der Waals surface area (Å²) in [4.78, 5) is 22.0. The van der Waals surface area contributed by atoms with Gasteiger partial charge in [-0.15, -0.1) is 0 Å². The highest BCUT2D eigenvalue weighted by Gasteiger charge is 2.16. The Balaban J connectivity index is 1.46. The van der Waals surface area contributed by atoms with Gasteiger partial charge in [0.05, 0.1) is 11.9 Å². The molecule has 4 aromatic rings. The Labute approximate surface area is 162 Å². The van der Waals surface area contributed by atoms with Crippen LogP contribution in [0.5, 0.6) is 0 Å². The number of imidazole rings is 2. The van der Waals surface area contributed by atoms with E-state index < -0.39 is 0 Å². The third kappa shape index (κ3) is 2.87. The molecule has 4 heterocycles. The number of carbonyl (C=O) groups excluding carboxylic acids is 1. The third-order valence-corrected chi connectivity index (χ3v) is 5.34. The van der Waals surface area contributed by atoms with Crippen LogP contribution in [0.25, 0.3) is 16.9 Å². The summed E-state index contributed by atoms with van der Waals surface area (Å²) in [5, 5.41) is 3.04. The van der Waals surface area contributed by atoms with Crippen molar-refractivity contribution in [2.75, 3.05) is 5.32 Å². The van der Waals surface area contributed by atoms with Crippen molar-refractivity contribution in [1.82, 2.24) is 18.9 Å². The fraction of sp³-hybridized carbons (Fsp3) is 0.227. The number of nitrogens with one attached hydrogen (secondary N) is 1. The number of anilines is 1. The highest BCUT2D eigenvalue weighted by atomic mass is 16.1. The van der Waals surface area contributed by atoms with Gasteiger partial charge in [0, 0.05) is 36.6 Å². The molecule has 140 valence electrons. The second-order valence-electron chi connectivity index (χ2n) is 7.25. The van der Waals surface area contributed by atoms with Crippen LogP contribution in [0.4, 0.5) is 5.69 Å². The van der Waals surface area contributed by atoms with Crippen molar-refractivity contribution < 1.29 is 4.79 Å². The zero-order valence-corrected chi connectivity index (χ0v) is 15.7. The van der Waals surface area contributed by atoms with Gasteiger partial charge in [-0.3, -0.25) is 9.20 Å². The molecule has 1 N–H and O–H groups in total. The average Bonchev–Trinajstić information content (AvgIpc) is 3.33. The molecule has 1 amide bonds. The predicted molar refractivity (Wildman–Crippen MR) is 108 cm³/mol. The molecule has 0 radical (unpaired) electrons. The number of hydrogen-bond acceptors (Lipinski definition) is 3. The van der Waals surface area contributed by atoms with E-state index in [0.29, 0.717) is 5.69 Å². The van der Waals surface area contributed by atoms with Crippen LogP contribution >= 0.6 is 0 Å². The molecule has 0 fully saturated rings. The van der Waals surface area contributed by atoms with Crippen LogP contribution in [-0.2, 0) is 13.0 Å². The van der Waals surface area contributed by atoms with Crippen LogP contribution in [0.3, 0.4) is 0 Å². The molecule has 0 spiro atoms. The predicted octanol–water partition coefficient (Wildman–Crippen LogP) is 4.09. The summed E-state index contributed by atoms with van der Waals surface area (Å²) in [5.74, 6) is 0.973. The first-order valence-electron chi connectivity index (χ1n) is 9.59. The number of pyridine rings is 1. The van der Waals surface area contributed by atoms with Crippen molar-refractivity contribution in [3.05, 3.63) is 72.1 Å². The molecule has 0 bridgehead atoms. The minimum Gasteiger partial charge on any atom is -0.334 e. The molecule has 28 heavy (non-hydrogen) atoms. The Bertz CT molecular complexity index is 1160. The van der Waals surface area contributed by atoms with Gasteiger partial charge in [0.1, 0.15) is 17.2 Å². The van der Waals surface area contributed by atoms with Crippen LogP contribution in [0.15, 0.2) is 55.0 Å². The van der Waals surface area contributed by atoms with E-state index in [9.17, 15) is 4.79 Å². The maximum atomic E-state index is 12.9. The standard InChI is InChI=1S/C22H21N5O/c1-15-8-9-16(18-14-26-10-4-2-7-21(26)24-18)12-17(15)25-22(28)19-13-23-20-6-3-5-11-27(19)20/h3,5-6,8-9,11-14H,2,4,7,10H2,1H3,(H,25,28). The summed E-state index contributed by atoms with van der Waals surface area (Å²) in [6, 6.07) is 11.8. The van der Waals surface area contributed by atoms with Gasteiger partial charge >= 0.3 is 0 Å². The van der Waals surface area contributed by atoms with E-state index in [2.05, 4.69) is 27.1 Å². The van der Waals surface area contributed by atoms with Gasteiger partial charge in [-0.25, -0.2) is 9.97 Å². The lowest BCUT2D eigenvalue weighted by Crippen LogP contribution is -2.15. The van der Waals surface area contributed by atoms with E-state index in [0.717, 1.165) is 46.9 Å². The first kappa shape index (κ1) is 16.7. The highest BCUT2D eigenvalue weighted by molar-refractivity contribution is 6.04. The fourth-order valence-electron chi connectivity index (χ4n) is 3.75. The van der Waals surface area contributed by atoms with Gasteiger partial charge in [0.15, 0.2) is 0 Å². The van der Waals surface area contributed by atoms with Crippen LogP contribution in [0.1, 0.15) is 34.7 Å². The molecule has 0 saturated carbocycles. The number of aryl methyl sites for hydroxylation is 3. The smallest absolute Gasteiger partial charge is 0.274 e. The molecule has 3 aromatic heterocycles. The van der Waals surface area contributed by atoms with E-state index in [1.54, 1.807) is 10.6 Å². The summed E-state index contributed by atoms with van der Waals surface area (Å²) in [6.45, 7) is 3.03. The molecule has 0 atom stereocenters. The minimum atomic E-state index is -0.178. The zero-order chi connectivity index (χ0) is 19.1. The molecule has 1 aromatic carbocycles. The topological polar surface area (TPSA) is 64.2 Å².